The molecule has 0 aromatic carbocycles. The van der Waals surface area contributed by atoms with Crippen LogP contribution in [0.4, 0.5) is 0 Å². The van der Waals surface area contributed by atoms with Crippen molar-refractivity contribution >= 4 is 13.1 Å². The summed E-state index contributed by atoms with van der Waals surface area (Å²) in [6, 6.07) is -0.812. The number of hydrogen-bond acceptors (Lipinski definition) is 4. The van der Waals surface area contributed by atoms with Crippen molar-refractivity contribution in [2.24, 2.45) is 5.73 Å². The molecule has 0 aromatic heterocycles. The maximum Gasteiger partial charge on any atom is 0.486 e. The molecule has 0 spiro atoms. The third-order valence-corrected chi connectivity index (χ3v) is 3.53. The zero-order valence-electron chi connectivity index (χ0n) is 11.5. The van der Waals surface area contributed by atoms with E-state index in [9.17, 15) is 4.79 Å². The Balaban J connectivity index is 2.39. The van der Waals surface area contributed by atoms with Crippen molar-refractivity contribution < 1.29 is 19.2 Å². The number of allylic oxidation sites excluding steroid dienone is 1. The quantitative estimate of drug-likeness (QED) is 0.725. The molecule has 6 heteroatoms. The van der Waals surface area contributed by atoms with Crippen LogP contribution in [0.1, 0.15) is 40.5 Å². The fourth-order valence-corrected chi connectivity index (χ4v) is 1.57. The highest BCUT2D eigenvalue weighted by Crippen LogP contribution is 2.36. The Morgan fingerprint density at radius 2 is 1.83 bits per heavy atom. The van der Waals surface area contributed by atoms with Crippen LogP contribution in [0.2, 0.25) is 0 Å². The first kappa shape index (κ1) is 15.2. The number of hydrogen-bond donors (Lipinski definition) is 2. The number of carboxylic acid groups (broad SMARTS) is 1. The molecule has 1 heterocycles. The Morgan fingerprint density at radius 3 is 2.28 bits per heavy atom. The Bertz CT molecular complexity index is 325. The van der Waals surface area contributed by atoms with Gasteiger partial charge in [-0.2, -0.15) is 0 Å². The van der Waals surface area contributed by atoms with Crippen molar-refractivity contribution in [3.63, 3.8) is 0 Å². The van der Waals surface area contributed by atoms with E-state index in [0.29, 0.717) is 12.8 Å². The summed E-state index contributed by atoms with van der Waals surface area (Å²) < 4.78 is 11.5. The summed E-state index contributed by atoms with van der Waals surface area (Å²) in [4.78, 5) is 10.5. The van der Waals surface area contributed by atoms with Crippen LogP contribution in [0, 0.1) is 0 Å². The van der Waals surface area contributed by atoms with E-state index in [1.807, 2.05) is 39.7 Å². The van der Waals surface area contributed by atoms with Crippen LogP contribution < -0.4 is 5.73 Å². The van der Waals surface area contributed by atoms with Gasteiger partial charge in [0.05, 0.1) is 11.2 Å². The average Bonchev–Trinajstić information content (AvgIpc) is 2.42. The predicted octanol–water partition coefficient (Wildman–Crippen LogP) is 1.37. The second-order valence-corrected chi connectivity index (χ2v) is 5.57. The van der Waals surface area contributed by atoms with E-state index >= 15 is 0 Å². The van der Waals surface area contributed by atoms with Gasteiger partial charge in [0, 0.05) is 0 Å². The molecule has 0 bridgehead atoms. The van der Waals surface area contributed by atoms with Crippen molar-refractivity contribution in [3.8, 4) is 0 Å². The number of rotatable bonds is 5. The fourth-order valence-electron chi connectivity index (χ4n) is 1.57. The smallest absolute Gasteiger partial charge is 0.480 e. The Kier molecular flexibility index (Phi) is 4.58. The van der Waals surface area contributed by atoms with Gasteiger partial charge in [-0.25, -0.2) is 0 Å². The molecule has 1 aliphatic rings. The van der Waals surface area contributed by atoms with Gasteiger partial charge >= 0.3 is 13.1 Å². The van der Waals surface area contributed by atoms with E-state index in [2.05, 4.69) is 0 Å². The Hall–Kier alpha value is -0.845. The molecule has 5 nitrogen and oxygen atoms in total. The second kappa shape index (κ2) is 5.42. The lowest BCUT2D eigenvalue weighted by Gasteiger charge is -2.32. The normalized spacial score (nSPS) is 23.5. The predicted molar refractivity (Wildman–Crippen MR) is 70.1 cm³/mol. The third-order valence-electron chi connectivity index (χ3n) is 3.53. The molecule has 1 fully saturated rings. The average molecular weight is 255 g/mol. The summed E-state index contributed by atoms with van der Waals surface area (Å²) >= 11 is 0. The zero-order chi connectivity index (χ0) is 14.0. The molecule has 3 N–H and O–H groups in total. The highest BCUT2D eigenvalue weighted by molar-refractivity contribution is 6.51. The molecule has 0 amide bonds. The first-order valence-electron chi connectivity index (χ1n) is 6.16. The largest absolute Gasteiger partial charge is 0.486 e. The summed E-state index contributed by atoms with van der Waals surface area (Å²) in [6.07, 6.45) is 2.85. The molecule has 102 valence electrons. The van der Waals surface area contributed by atoms with Gasteiger partial charge in [0.2, 0.25) is 0 Å². The van der Waals surface area contributed by atoms with E-state index in [4.69, 9.17) is 20.1 Å². The molecule has 1 atom stereocenters. The molecule has 0 saturated carbocycles. The van der Waals surface area contributed by atoms with Crippen LogP contribution >= 0.6 is 0 Å². The van der Waals surface area contributed by atoms with E-state index < -0.39 is 12.0 Å². The van der Waals surface area contributed by atoms with Crippen LogP contribution in [-0.4, -0.2) is 35.4 Å². The van der Waals surface area contributed by atoms with Gasteiger partial charge in [0.1, 0.15) is 6.04 Å². The van der Waals surface area contributed by atoms with Crippen LogP contribution in [0.3, 0.4) is 0 Å². The summed E-state index contributed by atoms with van der Waals surface area (Å²) in [7, 11) is -0.379. The summed E-state index contributed by atoms with van der Waals surface area (Å²) in [6.45, 7) is 7.95. The first-order valence-corrected chi connectivity index (χ1v) is 6.16. The molecule has 18 heavy (non-hydrogen) atoms. The van der Waals surface area contributed by atoms with E-state index in [1.54, 1.807) is 0 Å². The van der Waals surface area contributed by atoms with Gasteiger partial charge in [-0.3, -0.25) is 4.79 Å². The van der Waals surface area contributed by atoms with Crippen molar-refractivity contribution in [1.29, 1.82) is 0 Å². The van der Waals surface area contributed by atoms with Crippen molar-refractivity contribution in [1.82, 2.24) is 0 Å². The number of nitrogens with two attached hydrogens (primary N) is 1. The minimum absolute atomic E-state index is 0.348. The fraction of sp³-hybridized carbons (Fsp3) is 0.750. The monoisotopic (exact) mass is 255 g/mol. The highest BCUT2D eigenvalue weighted by atomic mass is 16.7. The lowest BCUT2D eigenvalue weighted by molar-refractivity contribution is -0.138. The molecule has 0 aromatic rings. The molecule has 1 unspecified atom stereocenters. The summed E-state index contributed by atoms with van der Waals surface area (Å²) in [5, 5.41) is 8.63. The zero-order valence-corrected chi connectivity index (χ0v) is 11.5. The summed E-state index contributed by atoms with van der Waals surface area (Å²) in [5.41, 5.74) is 4.71. The SMILES string of the molecule is CC1(C)OB(C=CCCC(N)C(=O)O)OC1(C)C. The molecule has 0 radical (unpaired) electrons. The topological polar surface area (TPSA) is 81.8 Å². The lowest BCUT2D eigenvalue weighted by atomic mass is 9.89. The molecule has 0 aliphatic carbocycles. The summed E-state index contributed by atoms with van der Waals surface area (Å²) in [5.74, 6) is 0.837. The number of aliphatic carboxylic acids is 1. The standard InChI is InChI=1S/C12H22BNO4/c1-11(2)12(3,4)18-13(17-11)8-6-5-7-9(14)10(15)16/h6,8-9H,5,7,14H2,1-4H3,(H,15,16). The van der Waals surface area contributed by atoms with Gasteiger partial charge in [-0.05, 0) is 40.5 Å². The minimum Gasteiger partial charge on any atom is -0.480 e. The Morgan fingerprint density at radius 1 is 1.33 bits per heavy atom. The van der Waals surface area contributed by atoms with E-state index in [0.717, 1.165) is 0 Å². The number of carboxylic acids is 1. The van der Waals surface area contributed by atoms with Crippen molar-refractivity contribution in [2.45, 2.75) is 57.8 Å². The molecule has 1 saturated heterocycles. The third kappa shape index (κ3) is 3.57. The van der Waals surface area contributed by atoms with Crippen LogP contribution in [-0.2, 0) is 14.1 Å². The van der Waals surface area contributed by atoms with Gasteiger partial charge in [0.15, 0.2) is 0 Å². The minimum atomic E-state index is -0.973. The van der Waals surface area contributed by atoms with Crippen LogP contribution in [0.15, 0.2) is 12.1 Å². The first-order chi connectivity index (χ1) is 8.16. The molecule has 1 rings (SSSR count). The van der Waals surface area contributed by atoms with Crippen LogP contribution in [0.5, 0.6) is 0 Å². The van der Waals surface area contributed by atoms with E-state index in [1.165, 1.54) is 0 Å². The molecular formula is C12H22BNO4. The maximum atomic E-state index is 10.5. The Labute approximate surface area is 108 Å². The van der Waals surface area contributed by atoms with Crippen LogP contribution in [0.25, 0.3) is 0 Å². The van der Waals surface area contributed by atoms with Gasteiger partial charge < -0.3 is 20.1 Å². The lowest BCUT2D eigenvalue weighted by Crippen LogP contribution is -2.41. The number of carbonyl (C=O) groups is 1. The van der Waals surface area contributed by atoms with Crippen molar-refractivity contribution in [3.05, 3.63) is 12.1 Å². The van der Waals surface area contributed by atoms with Gasteiger partial charge in [0.25, 0.3) is 0 Å². The molecule has 1 aliphatic heterocycles. The highest BCUT2D eigenvalue weighted by Gasteiger charge is 2.49. The second-order valence-electron chi connectivity index (χ2n) is 5.57. The maximum absolute atomic E-state index is 10.5. The van der Waals surface area contributed by atoms with Gasteiger partial charge in [-0.1, -0.05) is 12.1 Å². The molecular weight excluding hydrogens is 233 g/mol. The van der Waals surface area contributed by atoms with Gasteiger partial charge in [-0.15, -0.1) is 0 Å². The van der Waals surface area contributed by atoms with E-state index in [-0.39, 0.29) is 18.3 Å². The van der Waals surface area contributed by atoms with Crippen molar-refractivity contribution in [2.75, 3.05) is 0 Å².